The van der Waals surface area contributed by atoms with Crippen LogP contribution in [0.1, 0.15) is 17.8 Å². The molecule has 2 N–H and O–H groups in total. The second-order valence-corrected chi connectivity index (χ2v) is 8.43. The van der Waals surface area contributed by atoms with Gasteiger partial charge in [0.1, 0.15) is 5.65 Å². The van der Waals surface area contributed by atoms with Crippen molar-refractivity contribution in [1.29, 1.82) is 0 Å². The average molecular weight is 420 g/mol. The highest BCUT2D eigenvalue weighted by molar-refractivity contribution is 6.30. The number of H-pyrrole nitrogens is 1. The number of aromatic amines is 1. The van der Waals surface area contributed by atoms with E-state index in [1.54, 1.807) is 0 Å². The fourth-order valence-electron chi connectivity index (χ4n) is 4.19. The summed E-state index contributed by atoms with van der Waals surface area (Å²) in [6.45, 7) is 7.20. The van der Waals surface area contributed by atoms with E-state index in [0.717, 1.165) is 71.6 Å². The zero-order valence-corrected chi connectivity index (χ0v) is 17.9. The van der Waals surface area contributed by atoms with Gasteiger partial charge in [-0.25, -0.2) is 4.98 Å². The maximum Gasteiger partial charge on any atom is 0.137 e. The van der Waals surface area contributed by atoms with Crippen molar-refractivity contribution in [2.75, 3.05) is 26.2 Å². The Balaban J connectivity index is 1.62. The Hall–Kier alpha value is -2.60. The minimum Gasteiger partial charge on any atom is -0.359 e. The van der Waals surface area contributed by atoms with E-state index in [1.165, 1.54) is 12.1 Å². The largest absolute Gasteiger partial charge is 0.359 e. The molecule has 0 unspecified atom stereocenters. The van der Waals surface area contributed by atoms with E-state index in [9.17, 15) is 0 Å². The zero-order valence-electron chi connectivity index (χ0n) is 17.2. The van der Waals surface area contributed by atoms with Gasteiger partial charge >= 0.3 is 0 Å². The number of nitrogens with one attached hydrogen (secondary N) is 2. The first-order chi connectivity index (χ1) is 14.7. The molecule has 154 valence electrons. The van der Waals surface area contributed by atoms with Gasteiger partial charge in [-0.2, -0.15) is 0 Å². The van der Waals surface area contributed by atoms with Gasteiger partial charge in [0.15, 0.2) is 0 Å². The van der Waals surface area contributed by atoms with Crippen LogP contribution in [0.5, 0.6) is 0 Å². The van der Waals surface area contributed by atoms with E-state index in [4.69, 9.17) is 16.6 Å². The summed E-state index contributed by atoms with van der Waals surface area (Å²) in [6, 6.07) is 16.5. The van der Waals surface area contributed by atoms with Crippen LogP contribution in [-0.4, -0.2) is 45.4 Å². The first-order valence-electron chi connectivity index (χ1n) is 10.5. The predicted octanol–water partition coefficient (Wildman–Crippen LogP) is 4.75. The van der Waals surface area contributed by atoms with Gasteiger partial charge in [0.05, 0.1) is 11.4 Å². The topological polar surface area (TPSA) is 48.4 Å². The standard InChI is InChI=1S/C24H26ClN5/c1-17-3-9-21(27-17)19-6-10-23-28-24(18-4-7-20(25)8-5-18)22(30(23)15-19)16-29-13-2-11-26-12-14-29/h3-10,15,26-27H,2,11-14,16H2,1H3. The third-order valence-corrected chi connectivity index (χ3v) is 6.04. The van der Waals surface area contributed by atoms with E-state index >= 15 is 0 Å². The molecule has 0 saturated carbocycles. The summed E-state index contributed by atoms with van der Waals surface area (Å²) in [5.74, 6) is 0. The highest BCUT2D eigenvalue weighted by Crippen LogP contribution is 2.29. The van der Waals surface area contributed by atoms with Crippen LogP contribution in [0.3, 0.4) is 0 Å². The fraction of sp³-hybridized carbons (Fsp3) is 0.292. The number of fused-ring (bicyclic) bond motifs is 1. The molecule has 5 nitrogen and oxygen atoms in total. The first-order valence-corrected chi connectivity index (χ1v) is 10.9. The molecule has 0 spiro atoms. The molecule has 3 aromatic heterocycles. The molecular weight excluding hydrogens is 394 g/mol. The first kappa shape index (κ1) is 19.4. The molecule has 1 aromatic carbocycles. The van der Waals surface area contributed by atoms with E-state index in [0.29, 0.717) is 0 Å². The molecule has 1 fully saturated rings. The van der Waals surface area contributed by atoms with Crippen LogP contribution in [0, 0.1) is 6.92 Å². The van der Waals surface area contributed by atoms with Crippen LogP contribution in [-0.2, 0) is 6.54 Å². The Labute approximate surface area is 181 Å². The van der Waals surface area contributed by atoms with Gasteiger partial charge in [0, 0.05) is 53.4 Å². The molecule has 1 saturated heterocycles. The summed E-state index contributed by atoms with van der Waals surface area (Å²) < 4.78 is 2.26. The highest BCUT2D eigenvalue weighted by atomic mass is 35.5. The van der Waals surface area contributed by atoms with Crippen molar-refractivity contribution in [3.05, 3.63) is 71.1 Å². The lowest BCUT2D eigenvalue weighted by molar-refractivity contribution is 0.281. The number of imidazole rings is 1. The van der Waals surface area contributed by atoms with Gasteiger partial charge in [-0.3, -0.25) is 4.90 Å². The molecule has 5 rings (SSSR count). The molecule has 0 amide bonds. The van der Waals surface area contributed by atoms with E-state index in [1.807, 2.05) is 12.1 Å². The summed E-state index contributed by atoms with van der Waals surface area (Å²) in [5.41, 5.74) is 7.77. The minimum atomic E-state index is 0.743. The molecule has 0 atom stereocenters. The zero-order chi connectivity index (χ0) is 20.5. The lowest BCUT2D eigenvalue weighted by atomic mass is 10.1. The summed E-state index contributed by atoms with van der Waals surface area (Å²) in [6.07, 6.45) is 3.37. The van der Waals surface area contributed by atoms with Crippen molar-refractivity contribution in [3.8, 4) is 22.5 Å². The second kappa shape index (κ2) is 8.26. The van der Waals surface area contributed by atoms with Crippen LogP contribution in [0.2, 0.25) is 5.02 Å². The van der Waals surface area contributed by atoms with Crippen LogP contribution < -0.4 is 5.32 Å². The monoisotopic (exact) mass is 419 g/mol. The molecule has 1 aliphatic rings. The Bertz CT molecular complexity index is 1150. The lowest BCUT2D eigenvalue weighted by Gasteiger charge is -2.20. The number of aromatic nitrogens is 3. The van der Waals surface area contributed by atoms with Crippen LogP contribution >= 0.6 is 11.6 Å². The van der Waals surface area contributed by atoms with Gasteiger partial charge in [-0.15, -0.1) is 0 Å². The number of pyridine rings is 1. The van der Waals surface area contributed by atoms with Crippen molar-refractivity contribution in [1.82, 2.24) is 24.6 Å². The normalized spacial score (nSPS) is 15.5. The molecule has 6 heteroatoms. The quantitative estimate of drug-likeness (QED) is 0.501. The van der Waals surface area contributed by atoms with Crippen LogP contribution in [0.4, 0.5) is 0 Å². The van der Waals surface area contributed by atoms with Gasteiger partial charge in [0.2, 0.25) is 0 Å². The Morgan fingerprint density at radius 1 is 0.967 bits per heavy atom. The van der Waals surface area contributed by atoms with Gasteiger partial charge in [0.25, 0.3) is 0 Å². The maximum absolute atomic E-state index is 6.14. The number of nitrogens with zero attached hydrogens (tertiary/aromatic N) is 3. The van der Waals surface area contributed by atoms with Crippen molar-refractivity contribution in [2.24, 2.45) is 0 Å². The van der Waals surface area contributed by atoms with E-state index in [2.05, 4.69) is 69.1 Å². The number of hydrogen-bond acceptors (Lipinski definition) is 3. The summed E-state index contributed by atoms with van der Waals surface area (Å²) >= 11 is 6.14. The summed E-state index contributed by atoms with van der Waals surface area (Å²) in [7, 11) is 0. The molecule has 4 aromatic rings. The van der Waals surface area contributed by atoms with Gasteiger partial charge < -0.3 is 14.7 Å². The molecule has 0 aliphatic carbocycles. The average Bonchev–Trinajstić information content (AvgIpc) is 3.23. The fourth-order valence-corrected chi connectivity index (χ4v) is 4.31. The number of halogens is 1. The summed E-state index contributed by atoms with van der Waals surface area (Å²) in [4.78, 5) is 11.0. The smallest absolute Gasteiger partial charge is 0.137 e. The predicted molar refractivity (Wildman–Crippen MR) is 123 cm³/mol. The maximum atomic E-state index is 6.14. The molecule has 0 radical (unpaired) electrons. The molecule has 4 heterocycles. The highest BCUT2D eigenvalue weighted by Gasteiger charge is 2.19. The number of benzene rings is 1. The van der Waals surface area contributed by atoms with Crippen molar-refractivity contribution in [2.45, 2.75) is 19.9 Å². The third kappa shape index (κ3) is 3.88. The number of rotatable bonds is 4. The minimum absolute atomic E-state index is 0.743. The van der Waals surface area contributed by atoms with E-state index in [-0.39, 0.29) is 0 Å². The van der Waals surface area contributed by atoms with Crippen molar-refractivity contribution >= 4 is 17.2 Å². The van der Waals surface area contributed by atoms with E-state index < -0.39 is 0 Å². The number of hydrogen-bond donors (Lipinski definition) is 2. The van der Waals surface area contributed by atoms with Crippen LogP contribution in [0.25, 0.3) is 28.2 Å². The Morgan fingerprint density at radius 3 is 2.60 bits per heavy atom. The Kier molecular flexibility index (Phi) is 5.34. The third-order valence-electron chi connectivity index (χ3n) is 5.78. The molecule has 1 aliphatic heterocycles. The van der Waals surface area contributed by atoms with Crippen molar-refractivity contribution < 1.29 is 0 Å². The van der Waals surface area contributed by atoms with Gasteiger partial charge in [-0.1, -0.05) is 23.7 Å². The second-order valence-electron chi connectivity index (χ2n) is 7.99. The lowest BCUT2D eigenvalue weighted by Crippen LogP contribution is -2.28. The SMILES string of the molecule is Cc1ccc(-c2ccc3nc(-c4ccc(Cl)cc4)c(CN4CCCNCC4)n3c2)[nH]1. The molecular formula is C24H26ClN5. The number of aryl methyl sites for hydroxylation is 1. The van der Waals surface area contributed by atoms with Crippen LogP contribution in [0.15, 0.2) is 54.7 Å². The molecule has 0 bridgehead atoms. The Morgan fingerprint density at radius 2 is 1.80 bits per heavy atom. The summed E-state index contributed by atoms with van der Waals surface area (Å²) in [5, 5.41) is 4.24. The van der Waals surface area contributed by atoms with Crippen molar-refractivity contribution in [3.63, 3.8) is 0 Å². The molecule has 30 heavy (non-hydrogen) atoms. The van der Waals surface area contributed by atoms with Gasteiger partial charge in [-0.05, 0) is 62.8 Å².